The lowest BCUT2D eigenvalue weighted by atomic mass is 10.2. The smallest absolute Gasteiger partial charge is 0.437 e. The molecule has 0 fully saturated rings. The van der Waals surface area contributed by atoms with Crippen LogP contribution >= 0.6 is 0 Å². The molecule has 0 saturated heterocycles. The number of para-hydroxylation sites is 2. The first-order valence-electron chi connectivity index (χ1n) is 7.70. The fraction of sp³-hybridized carbons (Fsp3) is 0.176. The molecule has 7 nitrogen and oxygen atoms in total. The zero-order valence-electron chi connectivity index (χ0n) is 13.7. The molecule has 1 atom stereocenters. The number of hydrogen-bond donors (Lipinski definition) is 2. The minimum absolute atomic E-state index is 0.0605. The Labute approximate surface area is 151 Å². The van der Waals surface area contributed by atoms with Crippen LogP contribution in [0, 0.1) is 0 Å². The summed E-state index contributed by atoms with van der Waals surface area (Å²) < 4.78 is 49.0. The SMILES string of the molecule is N/C(=N\OC(=O)Nc1cccc(C(F)(F)F)c1)[C@@H]1COc2ccccc2O1. The number of nitrogens with zero attached hydrogens (tertiary/aromatic N) is 1. The molecule has 1 aliphatic rings. The number of amidine groups is 1. The number of oxime groups is 1. The summed E-state index contributed by atoms with van der Waals surface area (Å²) in [7, 11) is 0. The Balaban J connectivity index is 1.59. The number of nitrogens with two attached hydrogens (primary N) is 1. The van der Waals surface area contributed by atoms with Gasteiger partial charge in [-0.25, -0.2) is 4.79 Å². The molecule has 0 bridgehead atoms. The van der Waals surface area contributed by atoms with Crippen LogP contribution in [0.4, 0.5) is 23.7 Å². The normalized spacial score (nSPS) is 16.6. The van der Waals surface area contributed by atoms with Gasteiger partial charge in [0.05, 0.1) is 5.56 Å². The maximum Gasteiger partial charge on any atom is 0.437 e. The molecule has 3 rings (SSSR count). The first kappa shape index (κ1) is 18.4. The van der Waals surface area contributed by atoms with E-state index in [-0.39, 0.29) is 18.1 Å². The van der Waals surface area contributed by atoms with Gasteiger partial charge in [0, 0.05) is 5.69 Å². The Bertz CT molecular complexity index is 870. The monoisotopic (exact) mass is 381 g/mol. The van der Waals surface area contributed by atoms with Gasteiger partial charge >= 0.3 is 12.3 Å². The molecule has 0 aromatic heterocycles. The van der Waals surface area contributed by atoms with Crippen molar-refractivity contribution in [3.8, 4) is 11.5 Å². The summed E-state index contributed by atoms with van der Waals surface area (Å²) in [5.74, 6) is 0.841. The van der Waals surface area contributed by atoms with E-state index >= 15 is 0 Å². The molecule has 10 heteroatoms. The van der Waals surface area contributed by atoms with Gasteiger partial charge in [0.2, 0.25) is 0 Å². The molecule has 142 valence electrons. The highest BCUT2D eigenvalue weighted by Gasteiger charge is 2.30. The van der Waals surface area contributed by atoms with Gasteiger partial charge in [-0.05, 0) is 30.3 Å². The summed E-state index contributed by atoms with van der Waals surface area (Å²) in [6.07, 6.45) is -6.41. The number of carbonyl (C=O) groups is 1. The highest BCUT2D eigenvalue weighted by molar-refractivity contribution is 5.88. The van der Waals surface area contributed by atoms with Gasteiger partial charge in [-0.1, -0.05) is 23.4 Å². The fourth-order valence-corrected chi connectivity index (χ4v) is 2.23. The number of fused-ring (bicyclic) bond motifs is 1. The predicted octanol–water partition coefficient (Wildman–Crippen LogP) is 3.37. The lowest BCUT2D eigenvalue weighted by Crippen LogP contribution is -2.41. The quantitative estimate of drug-likeness (QED) is 0.368. The lowest BCUT2D eigenvalue weighted by molar-refractivity contribution is -0.137. The summed E-state index contributed by atoms with van der Waals surface area (Å²) in [5.41, 5.74) is 4.71. The van der Waals surface area contributed by atoms with Gasteiger partial charge in [0.25, 0.3) is 0 Å². The second kappa shape index (κ2) is 7.44. The van der Waals surface area contributed by atoms with Crippen LogP contribution in [-0.4, -0.2) is 24.6 Å². The van der Waals surface area contributed by atoms with Crippen molar-refractivity contribution in [1.29, 1.82) is 0 Å². The first-order valence-corrected chi connectivity index (χ1v) is 7.70. The number of ether oxygens (including phenoxy) is 2. The van der Waals surface area contributed by atoms with Gasteiger partial charge in [-0.3, -0.25) is 10.2 Å². The van der Waals surface area contributed by atoms with Gasteiger partial charge in [-0.15, -0.1) is 0 Å². The molecule has 1 heterocycles. The molecular weight excluding hydrogens is 367 g/mol. The van der Waals surface area contributed by atoms with Crippen LogP contribution < -0.4 is 20.5 Å². The third kappa shape index (κ3) is 4.60. The van der Waals surface area contributed by atoms with E-state index < -0.39 is 23.9 Å². The molecule has 0 unspecified atom stereocenters. The Kier molecular flexibility index (Phi) is 5.06. The first-order chi connectivity index (χ1) is 12.8. The second-order valence-electron chi connectivity index (χ2n) is 5.46. The lowest BCUT2D eigenvalue weighted by Gasteiger charge is -2.25. The minimum Gasteiger partial charge on any atom is -0.485 e. The minimum atomic E-state index is -4.53. The Morgan fingerprint density at radius 1 is 1.19 bits per heavy atom. The summed E-state index contributed by atoms with van der Waals surface area (Å²) in [4.78, 5) is 16.3. The van der Waals surface area contributed by atoms with Crippen molar-refractivity contribution in [2.45, 2.75) is 12.3 Å². The largest absolute Gasteiger partial charge is 0.485 e. The van der Waals surface area contributed by atoms with Crippen molar-refractivity contribution in [2.75, 3.05) is 11.9 Å². The summed E-state index contributed by atoms with van der Waals surface area (Å²) in [6, 6.07) is 11.0. The number of nitrogens with one attached hydrogen (secondary N) is 1. The van der Waals surface area contributed by atoms with Crippen molar-refractivity contribution in [3.63, 3.8) is 0 Å². The number of amides is 1. The number of benzene rings is 2. The van der Waals surface area contributed by atoms with E-state index in [0.29, 0.717) is 11.5 Å². The molecule has 0 spiro atoms. The number of hydrogen-bond acceptors (Lipinski definition) is 5. The maximum absolute atomic E-state index is 12.7. The van der Waals surface area contributed by atoms with Crippen molar-refractivity contribution < 1.29 is 32.3 Å². The second-order valence-corrected chi connectivity index (χ2v) is 5.46. The standard InChI is InChI=1S/C17H14F3N3O4/c18-17(19,20)10-4-3-5-11(8-10)22-16(24)27-23-15(21)14-9-25-12-6-1-2-7-13(12)26-14/h1-8,14H,9H2,(H2,21,23)(H,22,24)/t14-/m0/s1. The van der Waals surface area contributed by atoms with E-state index in [2.05, 4.69) is 15.3 Å². The molecule has 27 heavy (non-hydrogen) atoms. The molecule has 2 aromatic carbocycles. The average Bonchev–Trinajstić information content (AvgIpc) is 2.65. The number of rotatable bonds is 3. The molecule has 1 amide bonds. The van der Waals surface area contributed by atoms with Crippen LogP contribution in [0.3, 0.4) is 0 Å². The summed E-state index contributed by atoms with van der Waals surface area (Å²) >= 11 is 0. The highest BCUT2D eigenvalue weighted by Crippen LogP contribution is 2.31. The molecule has 0 aliphatic carbocycles. The maximum atomic E-state index is 12.7. The third-order valence-electron chi connectivity index (χ3n) is 3.51. The number of alkyl halides is 3. The van der Waals surface area contributed by atoms with Crippen LogP contribution in [0.2, 0.25) is 0 Å². The van der Waals surface area contributed by atoms with Gasteiger partial charge in [-0.2, -0.15) is 13.2 Å². The van der Waals surface area contributed by atoms with Crippen molar-refractivity contribution in [2.24, 2.45) is 10.9 Å². The molecule has 0 radical (unpaired) electrons. The van der Waals surface area contributed by atoms with E-state index in [1.807, 2.05) is 0 Å². The Hall–Kier alpha value is -3.43. The van der Waals surface area contributed by atoms with Crippen molar-refractivity contribution in [3.05, 3.63) is 54.1 Å². The highest BCUT2D eigenvalue weighted by atomic mass is 19.4. The van der Waals surface area contributed by atoms with Crippen LogP contribution in [0.5, 0.6) is 11.5 Å². The third-order valence-corrected chi connectivity index (χ3v) is 3.51. The van der Waals surface area contributed by atoms with E-state index in [1.54, 1.807) is 24.3 Å². The van der Waals surface area contributed by atoms with E-state index in [9.17, 15) is 18.0 Å². The van der Waals surface area contributed by atoms with E-state index in [4.69, 9.17) is 15.2 Å². The van der Waals surface area contributed by atoms with Crippen LogP contribution in [0.1, 0.15) is 5.56 Å². The number of carbonyl (C=O) groups excluding carboxylic acids is 1. The van der Waals surface area contributed by atoms with Crippen LogP contribution in [-0.2, 0) is 11.0 Å². The number of anilines is 1. The summed E-state index contributed by atoms with van der Waals surface area (Å²) in [5, 5.41) is 5.58. The fourth-order valence-electron chi connectivity index (χ4n) is 2.23. The average molecular weight is 381 g/mol. The molecule has 0 saturated carbocycles. The van der Waals surface area contributed by atoms with Crippen molar-refractivity contribution >= 4 is 17.6 Å². The van der Waals surface area contributed by atoms with Gasteiger partial charge < -0.3 is 15.2 Å². The molecule has 2 aromatic rings. The molecule has 1 aliphatic heterocycles. The van der Waals surface area contributed by atoms with Gasteiger partial charge in [0.15, 0.2) is 23.4 Å². The molecule has 3 N–H and O–H groups in total. The Morgan fingerprint density at radius 2 is 1.93 bits per heavy atom. The van der Waals surface area contributed by atoms with Gasteiger partial charge in [0.1, 0.15) is 6.61 Å². The zero-order valence-corrected chi connectivity index (χ0v) is 13.7. The van der Waals surface area contributed by atoms with Crippen LogP contribution in [0.15, 0.2) is 53.7 Å². The van der Waals surface area contributed by atoms with Crippen LogP contribution in [0.25, 0.3) is 0 Å². The van der Waals surface area contributed by atoms with E-state index in [0.717, 1.165) is 18.2 Å². The zero-order chi connectivity index (χ0) is 19.4. The Morgan fingerprint density at radius 3 is 2.67 bits per heavy atom. The number of halogens is 3. The predicted molar refractivity (Wildman–Crippen MR) is 89.5 cm³/mol. The summed E-state index contributed by atoms with van der Waals surface area (Å²) in [6.45, 7) is 0.0605. The van der Waals surface area contributed by atoms with E-state index in [1.165, 1.54) is 6.07 Å². The molecular formula is C17H14F3N3O4. The van der Waals surface area contributed by atoms with Crippen molar-refractivity contribution in [1.82, 2.24) is 0 Å². The topological polar surface area (TPSA) is 95.2 Å².